The van der Waals surface area contributed by atoms with Gasteiger partial charge in [0.1, 0.15) is 6.04 Å². The van der Waals surface area contributed by atoms with Gasteiger partial charge in [0.2, 0.25) is 0 Å². The Balaban J connectivity index is 2.60. The highest BCUT2D eigenvalue weighted by Crippen LogP contribution is 2.28. The number of likely N-dealkylation sites (tertiary alicyclic amines) is 1. The Morgan fingerprint density at radius 3 is 2.00 bits per heavy atom. The summed E-state index contributed by atoms with van der Waals surface area (Å²) in [5.41, 5.74) is 5.25. The minimum Gasteiger partial charge on any atom is -0.330 e. The van der Waals surface area contributed by atoms with E-state index >= 15 is 0 Å². The van der Waals surface area contributed by atoms with Crippen molar-refractivity contribution < 1.29 is 13.2 Å². The Morgan fingerprint density at radius 1 is 1.07 bits per heavy atom. The number of nitrogens with two attached hydrogens (primary N) is 1. The van der Waals surface area contributed by atoms with Crippen molar-refractivity contribution in [2.24, 2.45) is 5.73 Å². The van der Waals surface area contributed by atoms with Crippen LogP contribution in [0.25, 0.3) is 0 Å². The Morgan fingerprint density at radius 2 is 1.60 bits per heavy atom. The summed E-state index contributed by atoms with van der Waals surface area (Å²) in [4.78, 5) is 1.56. The number of rotatable bonds is 3. The number of nitrogens with zero attached hydrogens (tertiary/aromatic N) is 1. The summed E-state index contributed by atoms with van der Waals surface area (Å²) in [5.74, 6) is 0. The molecule has 0 aromatic heterocycles. The van der Waals surface area contributed by atoms with Gasteiger partial charge in [-0.05, 0) is 38.9 Å². The summed E-state index contributed by atoms with van der Waals surface area (Å²) in [7, 11) is 0. The van der Waals surface area contributed by atoms with Crippen molar-refractivity contribution in [3.8, 4) is 0 Å². The summed E-state index contributed by atoms with van der Waals surface area (Å²) in [6.45, 7) is 1.22. The van der Waals surface area contributed by atoms with Gasteiger partial charge < -0.3 is 5.73 Å². The molecular formula is C10H19F3N2. The summed E-state index contributed by atoms with van der Waals surface area (Å²) in [6.07, 6.45) is -0.283. The Kier molecular flexibility index (Phi) is 4.86. The highest BCUT2D eigenvalue weighted by atomic mass is 19.4. The van der Waals surface area contributed by atoms with Crippen LogP contribution in [0.2, 0.25) is 0 Å². The van der Waals surface area contributed by atoms with E-state index < -0.39 is 12.2 Å². The molecule has 0 aliphatic carbocycles. The van der Waals surface area contributed by atoms with Crippen LogP contribution < -0.4 is 5.73 Å². The van der Waals surface area contributed by atoms with Gasteiger partial charge in [0.15, 0.2) is 0 Å². The Labute approximate surface area is 88.6 Å². The van der Waals surface area contributed by atoms with Crippen molar-refractivity contribution in [1.29, 1.82) is 0 Å². The van der Waals surface area contributed by atoms with E-state index in [0.29, 0.717) is 13.1 Å². The Bertz CT molecular complexity index is 174. The van der Waals surface area contributed by atoms with Crippen molar-refractivity contribution in [3.05, 3.63) is 0 Å². The van der Waals surface area contributed by atoms with Gasteiger partial charge in [-0.3, -0.25) is 4.90 Å². The molecule has 0 bridgehead atoms. The molecule has 1 atom stereocenters. The average Bonchev–Trinajstić information content (AvgIpc) is 2.40. The first-order chi connectivity index (χ1) is 7.05. The van der Waals surface area contributed by atoms with E-state index in [9.17, 15) is 13.2 Å². The molecule has 0 saturated carbocycles. The lowest BCUT2D eigenvalue weighted by molar-refractivity contribution is -0.184. The predicted octanol–water partition coefficient (Wildman–Crippen LogP) is 2.14. The lowest BCUT2D eigenvalue weighted by Gasteiger charge is -2.31. The predicted molar refractivity (Wildman–Crippen MR) is 53.6 cm³/mol. The Hall–Kier alpha value is -0.290. The van der Waals surface area contributed by atoms with Gasteiger partial charge in [-0.1, -0.05) is 12.8 Å². The van der Waals surface area contributed by atoms with Gasteiger partial charge in [-0.25, -0.2) is 0 Å². The van der Waals surface area contributed by atoms with Gasteiger partial charge >= 0.3 is 6.18 Å². The fraction of sp³-hybridized carbons (Fsp3) is 1.00. The van der Waals surface area contributed by atoms with Crippen LogP contribution >= 0.6 is 0 Å². The van der Waals surface area contributed by atoms with E-state index in [1.54, 1.807) is 4.90 Å². The zero-order valence-electron chi connectivity index (χ0n) is 8.89. The maximum absolute atomic E-state index is 12.7. The first-order valence-electron chi connectivity index (χ1n) is 5.56. The molecule has 15 heavy (non-hydrogen) atoms. The van der Waals surface area contributed by atoms with Crippen molar-refractivity contribution in [3.63, 3.8) is 0 Å². The maximum atomic E-state index is 12.7. The van der Waals surface area contributed by atoms with Crippen LogP contribution in [0, 0.1) is 0 Å². The van der Waals surface area contributed by atoms with E-state index in [1.165, 1.54) is 0 Å². The average molecular weight is 224 g/mol. The molecule has 90 valence electrons. The molecular weight excluding hydrogens is 205 g/mol. The number of hydrogen-bond donors (Lipinski definition) is 1. The zero-order chi connectivity index (χ0) is 11.3. The first-order valence-corrected chi connectivity index (χ1v) is 5.56. The van der Waals surface area contributed by atoms with Crippen molar-refractivity contribution in [2.75, 3.05) is 19.6 Å². The normalized spacial score (nSPS) is 22.4. The second-order valence-electron chi connectivity index (χ2n) is 4.08. The fourth-order valence-electron chi connectivity index (χ4n) is 2.12. The van der Waals surface area contributed by atoms with Crippen LogP contribution in [-0.2, 0) is 0 Å². The van der Waals surface area contributed by atoms with E-state index in [-0.39, 0.29) is 13.0 Å². The van der Waals surface area contributed by atoms with E-state index in [2.05, 4.69) is 0 Å². The second-order valence-corrected chi connectivity index (χ2v) is 4.08. The smallest absolute Gasteiger partial charge is 0.330 e. The summed E-state index contributed by atoms with van der Waals surface area (Å²) in [6, 6.07) is -1.33. The molecule has 0 aromatic rings. The van der Waals surface area contributed by atoms with Crippen molar-refractivity contribution in [1.82, 2.24) is 4.90 Å². The molecule has 0 aromatic carbocycles. The molecule has 1 fully saturated rings. The van der Waals surface area contributed by atoms with Gasteiger partial charge in [0, 0.05) is 0 Å². The molecule has 2 N–H and O–H groups in total. The highest BCUT2D eigenvalue weighted by molar-refractivity contribution is 4.80. The largest absolute Gasteiger partial charge is 0.404 e. The number of hydrogen-bond acceptors (Lipinski definition) is 2. The monoisotopic (exact) mass is 224 g/mol. The quantitative estimate of drug-likeness (QED) is 0.795. The second kappa shape index (κ2) is 5.70. The van der Waals surface area contributed by atoms with Gasteiger partial charge in [-0.15, -0.1) is 0 Å². The third-order valence-electron chi connectivity index (χ3n) is 2.90. The summed E-state index contributed by atoms with van der Waals surface area (Å²) >= 11 is 0. The lowest BCUT2D eigenvalue weighted by atomic mass is 10.1. The van der Waals surface area contributed by atoms with Gasteiger partial charge in [0.25, 0.3) is 0 Å². The van der Waals surface area contributed by atoms with Crippen LogP contribution in [0.1, 0.15) is 32.1 Å². The minimum absolute atomic E-state index is 0.0174. The molecule has 1 aliphatic heterocycles. The molecule has 1 aliphatic rings. The van der Waals surface area contributed by atoms with E-state index in [0.717, 1.165) is 25.7 Å². The highest BCUT2D eigenvalue weighted by Gasteiger charge is 2.42. The fourth-order valence-corrected chi connectivity index (χ4v) is 2.12. The lowest BCUT2D eigenvalue weighted by Crippen LogP contribution is -2.47. The SMILES string of the molecule is NCCC(N1CCCCCC1)C(F)(F)F. The van der Waals surface area contributed by atoms with E-state index in [1.807, 2.05) is 0 Å². The number of alkyl halides is 3. The third kappa shape index (κ3) is 3.99. The van der Waals surface area contributed by atoms with Crippen LogP contribution in [0.3, 0.4) is 0 Å². The summed E-state index contributed by atoms with van der Waals surface area (Å²) < 4.78 is 38.2. The van der Waals surface area contributed by atoms with E-state index in [4.69, 9.17) is 5.73 Å². The third-order valence-corrected chi connectivity index (χ3v) is 2.90. The molecule has 2 nitrogen and oxygen atoms in total. The van der Waals surface area contributed by atoms with Gasteiger partial charge in [-0.2, -0.15) is 13.2 Å². The number of halogens is 3. The van der Waals surface area contributed by atoms with Crippen LogP contribution in [0.4, 0.5) is 13.2 Å². The van der Waals surface area contributed by atoms with Crippen LogP contribution in [0.5, 0.6) is 0 Å². The molecule has 1 unspecified atom stereocenters. The molecule has 1 rings (SSSR count). The summed E-state index contributed by atoms with van der Waals surface area (Å²) in [5, 5.41) is 0. The standard InChI is InChI=1S/C10H19F3N2/c11-10(12,13)9(5-6-14)15-7-3-1-2-4-8-15/h9H,1-8,14H2. The maximum Gasteiger partial charge on any atom is 0.404 e. The molecule has 0 radical (unpaired) electrons. The van der Waals surface area contributed by atoms with Crippen LogP contribution in [0.15, 0.2) is 0 Å². The van der Waals surface area contributed by atoms with Crippen molar-refractivity contribution >= 4 is 0 Å². The van der Waals surface area contributed by atoms with Gasteiger partial charge in [0.05, 0.1) is 0 Å². The molecule has 0 amide bonds. The topological polar surface area (TPSA) is 29.3 Å². The zero-order valence-corrected chi connectivity index (χ0v) is 8.89. The minimum atomic E-state index is -4.14. The molecule has 1 heterocycles. The van der Waals surface area contributed by atoms with Crippen molar-refractivity contribution in [2.45, 2.75) is 44.3 Å². The molecule has 1 saturated heterocycles. The van der Waals surface area contributed by atoms with Crippen LogP contribution in [-0.4, -0.2) is 36.8 Å². The molecule has 0 spiro atoms. The first kappa shape index (κ1) is 12.8. The molecule has 5 heteroatoms.